The fraction of sp³-hybridized carbons (Fsp3) is 0.500. The minimum Gasteiger partial charge on any atom is -0.496 e. The number of carboxylic acid groups (broad SMARTS) is 1. The van der Waals surface area contributed by atoms with Crippen LogP contribution in [0.5, 0.6) is 5.75 Å². The van der Waals surface area contributed by atoms with Crippen LogP contribution in [0.25, 0.3) is 0 Å². The number of aliphatic carboxylic acids is 1. The first-order chi connectivity index (χ1) is 8.54. The number of hydrogen-bond donors (Lipinski definition) is 1. The molecular formula is C14H21NO3. The molecule has 0 radical (unpaired) electrons. The molecule has 1 atom stereocenters. The number of likely N-dealkylation sites (N-methyl/N-ethyl adjacent to an activating group) is 1. The van der Waals surface area contributed by atoms with Crippen LogP contribution in [0.15, 0.2) is 24.3 Å². The van der Waals surface area contributed by atoms with Crippen molar-refractivity contribution in [3.8, 4) is 5.75 Å². The Morgan fingerprint density at radius 3 is 2.72 bits per heavy atom. The maximum Gasteiger partial charge on any atom is 0.304 e. The van der Waals surface area contributed by atoms with Gasteiger partial charge in [0.2, 0.25) is 0 Å². The van der Waals surface area contributed by atoms with Crippen molar-refractivity contribution in [1.82, 2.24) is 4.90 Å². The monoisotopic (exact) mass is 251 g/mol. The predicted octanol–water partition coefficient (Wildman–Crippen LogP) is 2.03. The third-order valence-electron chi connectivity index (χ3n) is 3.14. The number of para-hydroxylation sites is 1. The van der Waals surface area contributed by atoms with Crippen LogP contribution in [0.1, 0.15) is 18.9 Å². The number of benzene rings is 1. The minimum absolute atomic E-state index is 0.173. The van der Waals surface area contributed by atoms with Crippen LogP contribution in [-0.2, 0) is 11.2 Å². The summed E-state index contributed by atoms with van der Waals surface area (Å²) in [5, 5.41) is 8.67. The van der Waals surface area contributed by atoms with E-state index in [1.54, 1.807) is 7.11 Å². The summed E-state index contributed by atoms with van der Waals surface area (Å²) < 4.78 is 5.31. The summed E-state index contributed by atoms with van der Waals surface area (Å²) in [6, 6.07) is 8.20. The number of hydrogen-bond acceptors (Lipinski definition) is 3. The van der Waals surface area contributed by atoms with Gasteiger partial charge in [-0.25, -0.2) is 0 Å². The first-order valence-corrected chi connectivity index (χ1v) is 6.08. The topological polar surface area (TPSA) is 49.8 Å². The van der Waals surface area contributed by atoms with Gasteiger partial charge >= 0.3 is 5.97 Å². The highest BCUT2D eigenvalue weighted by molar-refractivity contribution is 5.66. The SMILES string of the molecule is COc1ccccc1C[C@H](C)N(C)CCC(=O)O. The molecular weight excluding hydrogens is 230 g/mol. The molecule has 1 aromatic rings. The molecule has 0 bridgehead atoms. The number of rotatable bonds is 7. The van der Waals surface area contributed by atoms with Crippen molar-refractivity contribution < 1.29 is 14.6 Å². The molecule has 4 heteroatoms. The molecule has 0 saturated heterocycles. The molecule has 0 aromatic heterocycles. The van der Waals surface area contributed by atoms with Crippen LogP contribution in [-0.4, -0.2) is 42.7 Å². The van der Waals surface area contributed by atoms with Crippen molar-refractivity contribution in [2.75, 3.05) is 20.7 Å². The summed E-state index contributed by atoms with van der Waals surface area (Å²) in [7, 11) is 3.61. The lowest BCUT2D eigenvalue weighted by Crippen LogP contribution is -2.32. The zero-order chi connectivity index (χ0) is 13.5. The molecule has 1 rings (SSSR count). The molecule has 0 heterocycles. The Morgan fingerprint density at radius 1 is 1.44 bits per heavy atom. The van der Waals surface area contributed by atoms with Gasteiger partial charge in [0.25, 0.3) is 0 Å². The molecule has 18 heavy (non-hydrogen) atoms. The normalized spacial score (nSPS) is 12.4. The second kappa shape index (κ2) is 7.01. The molecule has 0 aliphatic carbocycles. The highest BCUT2D eigenvalue weighted by atomic mass is 16.5. The predicted molar refractivity (Wildman–Crippen MR) is 71.0 cm³/mol. The number of carboxylic acids is 1. The molecule has 0 saturated carbocycles. The Labute approximate surface area is 108 Å². The van der Waals surface area contributed by atoms with Crippen LogP contribution in [0.2, 0.25) is 0 Å². The fourth-order valence-electron chi connectivity index (χ4n) is 1.84. The zero-order valence-corrected chi connectivity index (χ0v) is 11.2. The summed E-state index contributed by atoms with van der Waals surface area (Å²) >= 11 is 0. The summed E-state index contributed by atoms with van der Waals surface area (Å²) in [5.74, 6) is 0.127. The average Bonchev–Trinajstić information content (AvgIpc) is 2.36. The molecule has 0 unspecified atom stereocenters. The van der Waals surface area contributed by atoms with Gasteiger partial charge in [-0.1, -0.05) is 18.2 Å². The summed E-state index contributed by atoms with van der Waals surface area (Å²) in [5.41, 5.74) is 1.15. The van der Waals surface area contributed by atoms with Crippen LogP contribution >= 0.6 is 0 Å². The Kier molecular flexibility index (Phi) is 5.65. The number of nitrogens with zero attached hydrogens (tertiary/aromatic N) is 1. The van der Waals surface area contributed by atoms with Crippen molar-refractivity contribution in [2.24, 2.45) is 0 Å². The van der Waals surface area contributed by atoms with Crippen LogP contribution < -0.4 is 4.74 Å². The standard InChI is InChI=1S/C14H21NO3/c1-11(15(2)9-8-14(16)17)10-12-6-4-5-7-13(12)18-3/h4-7,11H,8-10H2,1-3H3,(H,16,17)/t11-/m0/s1. The first-order valence-electron chi connectivity index (χ1n) is 6.08. The molecule has 0 spiro atoms. The van der Waals surface area contributed by atoms with E-state index in [1.807, 2.05) is 31.3 Å². The van der Waals surface area contributed by atoms with Crippen molar-refractivity contribution in [1.29, 1.82) is 0 Å². The maximum absolute atomic E-state index is 10.5. The van der Waals surface area contributed by atoms with E-state index in [4.69, 9.17) is 9.84 Å². The van der Waals surface area contributed by atoms with E-state index >= 15 is 0 Å². The van der Waals surface area contributed by atoms with Crippen LogP contribution in [0.4, 0.5) is 0 Å². The van der Waals surface area contributed by atoms with Crippen molar-refractivity contribution in [3.05, 3.63) is 29.8 Å². The highest BCUT2D eigenvalue weighted by Gasteiger charge is 2.13. The van der Waals surface area contributed by atoms with E-state index in [1.165, 1.54) is 0 Å². The van der Waals surface area contributed by atoms with E-state index < -0.39 is 5.97 Å². The van der Waals surface area contributed by atoms with Gasteiger partial charge in [-0.3, -0.25) is 4.79 Å². The van der Waals surface area contributed by atoms with Gasteiger partial charge in [-0.15, -0.1) is 0 Å². The lowest BCUT2D eigenvalue weighted by molar-refractivity contribution is -0.137. The summed E-state index contributed by atoms with van der Waals surface area (Å²) in [4.78, 5) is 12.6. The molecule has 1 aromatic carbocycles. The van der Waals surface area contributed by atoms with Crippen molar-refractivity contribution in [3.63, 3.8) is 0 Å². The second-order valence-corrected chi connectivity index (χ2v) is 4.49. The van der Waals surface area contributed by atoms with Crippen molar-refractivity contribution >= 4 is 5.97 Å². The highest BCUT2D eigenvalue weighted by Crippen LogP contribution is 2.20. The quantitative estimate of drug-likeness (QED) is 0.805. The smallest absolute Gasteiger partial charge is 0.304 e. The Morgan fingerprint density at radius 2 is 2.11 bits per heavy atom. The molecule has 0 amide bonds. The third kappa shape index (κ3) is 4.37. The second-order valence-electron chi connectivity index (χ2n) is 4.49. The van der Waals surface area contributed by atoms with Gasteiger partial charge in [0.05, 0.1) is 13.5 Å². The largest absolute Gasteiger partial charge is 0.496 e. The van der Waals surface area contributed by atoms with Gasteiger partial charge in [-0.05, 0) is 32.0 Å². The Bertz CT molecular complexity index is 392. The lowest BCUT2D eigenvalue weighted by Gasteiger charge is -2.24. The molecule has 0 aliphatic rings. The van der Waals surface area contributed by atoms with E-state index in [-0.39, 0.29) is 12.5 Å². The molecule has 4 nitrogen and oxygen atoms in total. The molecule has 0 aliphatic heterocycles. The van der Waals surface area contributed by atoms with E-state index in [9.17, 15) is 4.79 Å². The third-order valence-corrected chi connectivity index (χ3v) is 3.14. The van der Waals surface area contributed by atoms with E-state index in [0.29, 0.717) is 6.54 Å². The number of carbonyl (C=O) groups is 1. The van der Waals surface area contributed by atoms with Gasteiger partial charge in [0.15, 0.2) is 0 Å². The number of methoxy groups -OCH3 is 1. The molecule has 1 N–H and O–H groups in total. The van der Waals surface area contributed by atoms with Gasteiger partial charge in [0.1, 0.15) is 5.75 Å². The summed E-state index contributed by atoms with van der Waals surface area (Å²) in [6.07, 6.45) is 1.02. The fourth-order valence-corrected chi connectivity index (χ4v) is 1.84. The Hall–Kier alpha value is -1.55. The zero-order valence-electron chi connectivity index (χ0n) is 11.2. The maximum atomic E-state index is 10.5. The average molecular weight is 251 g/mol. The summed E-state index contributed by atoms with van der Waals surface area (Å²) in [6.45, 7) is 2.65. The lowest BCUT2D eigenvalue weighted by atomic mass is 10.1. The molecule has 100 valence electrons. The number of ether oxygens (including phenoxy) is 1. The van der Waals surface area contributed by atoms with Gasteiger partial charge in [-0.2, -0.15) is 0 Å². The van der Waals surface area contributed by atoms with E-state index in [0.717, 1.165) is 17.7 Å². The minimum atomic E-state index is -0.758. The van der Waals surface area contributed by atoms with Crippen molar-refractivity contribution in [2.45, 2.75) is 25.8 Å². The van der Waals surface area contributed by atoms with Crippen LogP contribution in [0.3, 0.4) is 0 Å². The van der Waals surface area contributed by atoms with Gasteiger partial charge < -0.3 is 14.7 Å². The van der Waals surface area contributed by atoms with Gasteiger partial charge in [0, 0.05) is 12.6 Å². The molecule has 0 fully saturated rings. The Balaban J connectivity index is 2.57. The van der Waals surface area contributed by atoms with Crippen LogP contribution in [0, 0.1) is 0 Å². The van der Waals surface area contributed by atoms with E-state index in [2.05, 4.69) is 11.8 Å². The first kappa shape index (κ1) is 14.5.